The summed E-state index contributed by atoms with van der Waals surface area (Å²) in [6.07, 6.45) is 115. The van der Waals surface area contributed by atoms with Crippen LogP contribution in [0.25, 0.3) is 0 Å². The number of likely N-dealkylation sites (N-methyl/N-ethyl adjacent to an activating group) is 1. The molecule has 524 valence electrons. The van der Waals surface area contributed by atoms with Crippen LogP contribution in [0.2, 0.25) is 0 Å². The molecule has 0 aromatic rings. The molecule has 0 spiro atoms. The van der Waals surface area contributed by atoms with Crippen molar-refractivity contribution in [1.82, 2.24) is 0 Å². The van der Waals surface area contributed by atoms with Crippen LogP contribution in [-0.4, -0.2) is 70.0 Å². The van der Waals surface area contributed by atoms with E-state index in [1.165, 1.54) is 19.3 Å². The summed E-state index contributed by atoms with van der Waals surface area (Å²) in [7, 11) is 1.11. The molecular weight excluding hydrogens is 1180 g/mol. The van der Waals surface area contributed by atoms with Crippen LogP contribution in [0.3, 0.4) is 0 Å². The van der Waals surface area contributed by atoms with Crippen molar-refractivity contribution < 1.29 is 42.1 Å². The second kappa shape index (κ2) is 71.4. The van der Waals surface area contributed by atoms with E-state index in [9.17, 15) is 19.0 Å². The van der Waals surface area contributed by atoms with Gasteiger partial charge in [-0.05, 0) is 161 Å². The average Bonchev–Trinajstić information content (AvgIpc) is 1.57. The van der Waals surface area contributed by atoms with Crippen molar-refractivity contribution in [2.24, 2.45) is 0 Å². The highest BCUT2D eigenvalue weighted by molar-refractivity contribution is 7.45. The lowest BCUT2D eigenvalue weighted by Crippen LogP contribution is -2.37. The summed E-state index contributed by atoms with van der Waals surface area (Å²) in [6, 6.07) is 0. The number of esters is 2. The van der Waals surface area contributed by atoms with Crippen molar-refractivity contribution in [2.45, 2.75) is 238 Å². The molecule has 2 atom stereocenters. The Hall–Kier alpha value is -5.93. The molecule has 10 heteroatoms. The van der Waals surface area contributed by atoms with Gasteiger partial charge in [-0.25, -0.2) is 0 Å². The first-order chi connectivity index (χ1) is 46.0. The number of allylic oxidation sites excluding steroid dienone is 38. The highest BCUT2D eigenvalue weighted by Gasteiger charge is 2.22. The lowest BCUT2D eigenvalue weighted by molar-refractivity contribution is -0.870. The molecule has 0 saturated carbocycles. The van der Waals surface area contributed by atoms with E-state index in [2.05, 4.69) is 245 Å². The number of phosphoric acid groups is 1. The third-order valence-corrected chi connectivity index (χ3v) is 15.1. The summed E-state index contributed by atoms with van der Waals surface area (Å²) in [6.45, 7) is 3.93. The van der Waals surface area contributed by atoms with Crippen LogP contribution in [0.4, 0.5) is 0 Å². The topological polar surface area (TPSA) is 111 Å². The molecule has 0 aliphatic carbocycles. The summed E-state index contributed by atoms with van der Waals surface area (Å²) >= 11 is 0. The predicted octanol–water partition coefficient (Wildman–Crippen LogP) is 23.5. The van der Waals surface area contributed by atoms with E-state index < -0.39 is 32.5 Å². The van der Waals surface area contributed by atoms with Gasteiger partial charge in [-0.2, -0.15) is 0 Å². The summed E-state index contributed by atoms with van der Waals surface area (Å²) in [5.74, 6) is -0.895. The first kappa shape index (κ1) is 88.1. The Morgan fingerprint density at radius 3 is 0.851 bits per heavy atom. The molecule has 0 aromatic heterocycles. The van der Waals surface area contributed by atoms with E-state index in [1.807, 2.05) is 21.1 Å². The van der Waals surface area contributed by atoms with Gasteiger partial charge >= 0.3 is 11.9 Å². The first-order valence-corrected chi connectivity index (χ1v) is 37.6. The monoisotopic (exact) mass is 1310 g/mol. The quantitative estimate of drug-likeness (QED) is 0.0195. The van der Waals surface area contributed by atoms with E-state index in [0.29, 0.717) is 23.9 Å². The fraction of sp³-hybridized carbons (Fsp3) is 0.524. The molecule has 0 amide bonds. The molecule has 94 heavy (non-hydrogen) atoms. The summed E-state index contributed by atoms with van der Waals surface area (Å²) in [5.41, 5.74) is 0. The third-order valence-electron chi connectivity index (χ3n) is 14.2. The molecule has 0 rings (SSSR count). The first-order valence-electron chi connectivity index (χ1n) is 36.1. The number of carbonyl (C=O) groups is 2. The number of carbonyl (C=O) groups excluding carboxylic acids is 2. The number of unbranched alkanes of at least 4 members (excludes halogenated alkanes) is 11. The Morgan fingerprint density at radius 2 is 0.574 bits per heavy atom. The van der Waals surface area contributed by atoms with Crippen LogP contribution in [-0.2, 0) is 32.7 Å². The smallest absolute Gasteiger partial charge is 0.306 e. The van der Waals surface area contributed by atoms with Crippen molar-refractivity contribution >= 4 is 19.8 Å². The third kappa shape index (κ3) is 75.1. The van der Waals surface area contributed by atoms with Gasteiger partial charge in [0.15, 0.2) is 6.10 Å². The Balaban J connectivity index is 4.23. The van der Waals surface area contributed by atoms with Crippen LogP contribution in [0.15, 0.2) is 231 Å². The lowest BCUT2D eigenvalue weighted by Gasteiger charge is -2.28. The largest absolute Gasteiger partial charge is 0.756 e. The SMILES string of the molecule is CC/C=C\C/C=C\C/C=C\C/C=C\C/C=C\C/C=C\C/C=C\C/C=C\C/C=C\C/C=C\C/C=C\C/C=C\CCCCCCC(=O)OC(COC(=O)CCCCCCCCC/C=C\C/C=C\C/C=C\C/C=C\C/C=C\C/C=C\C/C=C\CC)COP(=O)([O-])OCC[N+](C)(C)C. The van der Waals surface area contributed by atoms with E-state index in [-0.39, 0.29) is 26.1 Å². The zero-order chi connectivity index (χ0) is 68.3. The van der Waals surface area contributed by atoms with Gasteiger partial charge in [0.05, 0.1) is 27.7 Å². The summed E-state index contributed by atoms with van der Waals surface area (Å²) in [5, 5.41) is 0. The van der Waals surface area contributed by atoms with E-state index in [0.717, 1.165) is 173 Å². The Kier molecular flexibility index (Phi) is 66.9. The van der Waals surface area contributed by atoms with E-state index in [4.69, 9.17) is 18.5 Å². The van der Waals surface area contributed by atoms with Crippen molar-refractivity contribution in [2.75, 3.05) is 47.5 Å². The maximum absolute atomic E-state index is 12.9. The number of hydrogen-bond donors (Lipinski definition) is 0. The summed E-state index contributed by atoms with van der Waals surface area (Å²) in [4.78, 5) is 38.1. The van der Waals surface area contributed by atoms with Gasteiger partial charge in [0.2, 0.25) is 0 Å². The molecule has 2 unspecified atom stereocenters. The van der Waals surface area contributed by atoms with E-state index in [1.54, 1.807) is 0 Å². The Morgan fingerprint density at radius 1 is 0.330 bits per heavy atom. The number of quaternary nitrogens is 1. The summed E-state index contributed by atoms with van der Waals surface area (Å²) < 4.78 is 34.3. The zero-order valence-corrected chi connectivity index (χ0v) is 60.4. The molecular formula is C84H130NO8P. The van der Waals surface area contributed by atoms with Crippen LogP contribution in [0, 0.1) is 0 Å². The number of phosphoric ester groups is 1. The second-order valence-electron chi connectivity index (χ2n) is 24.1. The lowest BCUT2D eigenvalue weighted by atomic mass is 10.1. The van der Waals surface area contributed by atoms with Gasteiger partial charge in [-0.15, -0.1) is 0 Å². The molecule has 0 bridgehead atoms. The molecule has 0 heterocycles. The second-order valence-corrected chi connectivity index (χ2v) is 25.5. The van der Waals surface area contributed by atoms with Gasteiger partial charge < -0.3 is 27.9 Å². The molecule has 0 fully saturated rings. The number of hydrogen-bond acceptors (Lipinski definition) is 8. The fourth-order valence-corrected chi connectivity index (χ4v) is 9.46. The Bertz CT molecular complexity index is 2440. The van der Waals surface area contributed by atoms with Crippen LogP contribution < -0.4 is 4.89 Å². The van der Waals surface area contributed by atoms with Crippen LogP contribution in [0.1, 0.15) is 232 Å². The normalized spacial score (nSPS) is 14.5. The number of rotatable bonds is 63. The minimum atomic E-state index is -4.67. The molecule has 0 radical (unpaired) electrons. The van der Waals surface area contributed by atoms with Gasteiger partial charge in [0.25, 0.3) is 7.82 Å². The highest BCUT2D eigenvalue weighted by Crippen LogP contribution is 2.38. The molecule has 0 saturated heterocycles. The van der Waals surface area contributed by atoms with Crippen LogP contribution >= 0.6 is 7.82 Å². The highest BCUT2D eigenvalue weighted by atomic mass is 31.2. The number of nitrogens with zero attached hydrogens (tertiary/aromatic N) is 1. The molecule has 9 nitrogen and oxygen atoms in total. The van der Waals surface area contributed by atoms with E-state index >= 15 is 0 Å². The van der Waals surface area contributed by atoms with Crippen molar-refractivity contribution in [1.29, 1.82) is 0 Å². The molecule has 0 N–H and O–H groups in total. The Labute approximate surface area is 575 Å². The predicted molar refractivity (Wildman–Crippen MR) is 405 cm³/mol. The van der Waals surface area contributed by atoms with Gasteiger partial charge in [0.1, 0.15) is 19.8 Å². The molecule has 0 aliphatic heterocycles. The molecule has 0 aromatic carbocycles. The fourth-order valence-electron chi connectivity index (χ4n) is 8.73. The van der Waals surface area contributed by atoms with Gasteiger partial charge in [-0.1, -0.05) is 290 Å². The standard InChI is InChI=1S/C84H130NO8P/c1-6-8-10-12-14-16-18-20-22-24-26-28-30-32-34-36-37-38-39-40-41-42-43-44-45-46-47-49-51-53-55-57-59-61-63-65-67-69-71-73-75-77-84(87)93-82(81-92-94(88,89)91-79-78-85(3,4)5)80-90-83(86)76-74-72-70-68-66-64-62-60-58-56-54-52-50-48-35-33-31-29-27-25-23-21-19-17-15-13-11-9-7-2/h8-11,14-17,20-23,26-29,32-35,37-38,40-41,43-44,46-47,50-53,56-59,63,65,82H,6-7,12-13,18-19,24-25,30-31,36,39,42,45,48-49,54-55,60-62,64,66-81H2,1-5H3/b10-8-,11-9-,16-14-,17-15-,22-20-,23-21-,28-26-,29-27-,34-32-,35-33-,38-37-,41-40-,44-43-,47-46-,52-50-,53-51-,58-56-,59-57-,65-63-. The minimum absolute atomic E-state index is 0.0516. The maximum atomic E-state index is 12.9. The number of ether oxygens (including phenoxy) is 2. The van der Waals surface area contributed by atoms with Crippen molar-refractivity contribution in [3.05, 3.63) is 231 Å². The van der Waals surface area contributed by atoms with Crippen molar-refractivity contribution in [3.8, 4) is 0 Å². The molecule has 0 aliphatic rings. The van der Waals surface area contributed by atoms with Crippen molar-refractivity contribution in [3.63, 3.8) is 0 Å². The average molecular weight is 1310 g/mol. The zero-order valence-electron chi connectivity index (χ0n) is 59.5. The minimum Gasteiger partial charge on any atom is -0.756 e. The van der Waals surface area contributed by atoms with Gasteiger partial charge in [0, 0.05) is 12.8 Å². The van der Waals surface area contributed by atoms with Crippen LogP contribution in [0.5, 0.6) is 0 Å². The maximum Gasteiger partial charge on any atom is 0.306 e. The van der Waals surface area contributed by atoms with Gasteiger partial charge in [-0.3, -0.25) is 14.2 Å².